The molecule has 7 aromatic carbocycles. The van der Waals surface area contributed by atoms with Gasteiger partial charge in [0.05, 0.1) is 5.52 Å². The van der Waals surface area contributed by atoms with Crippen molar-refractivity contribution in [3.8, 4) is 33.4 Å². The van der Waals surface area contributed by atoms with E-state index in [0.717, 1.165) is 49.2 Å². The summed E-state index contributed by atoms with van der Waals surface area (Å²) in [6.45, 7) is 8.51. The highest BCUT2D eigenvalue weighted by molar-refractivity contribution is 7.25. The van der Waals surface area contributed by atoms with Gasteiger partial charge in [0.2, 0.25) is 0 Å². The van der Waals surface area contributed by atoms with Gasteiger partial charge in [-0.1, -0.05) is 128 Å². The standard InChI is InChI=1S/C48H31NOS/c1-3-35(48-29(2)36-16-4-6-21-43(36)50-48)34-24-25-42-41(28-34)39-20-10-19-38(47(39)49-42)33-15-9-13-31(27-33)30-12-8-14-32(26-30)37-18-11-23-45-46(37)40-17-5-7-22-44(40)51-45/h3-28,49H,1-2H2/b48-35-. The minimum atomic E-state index is 0.757. The van der Waals surface area contributed by atoms with E-state index in [2.05, 4.69) is 152 Å². The summed E-state index contributed by atoms with van der Waals surface area (Å²) in [6, 6.07) is 54.4. The first-order valence-electron chi connectivity index (χ1n) is 17.1. The molecule has 10 aromatic rings. The Kier molecular flexibility index (Phi) is 6.70. The van der Waals surface area contributed by atoms with Crippen molar-refractivity contribution in [3.05, 3.63) is 181 Å². The fraction of sp³-hybridized carbons (Fsp3) is 0. The zero-order valence-corrected chi connectivity index (χ0v) is 28.6. The Morgan fingerprint density at radius 1 is 0.569 bits per heavy atom. The molecule has 3 aromatic heterocycles. The number of allylic oxidation sites excluding steroid dienone is 1. The number of rotatable bonds is 5. The summed E-state index contributed by atoms with van der Waals surface area (Å²) in [4.78, 5) is 3.75. The van der Waals surface area contributed by atoms with Gasteiger partial charge in [0, 0.05) is 58.2 Å². The van der Waals surface area contributed by atoms with Crippen molar-refractivity contribution in [1.29, 1.82) is 0 Å². The Balaban J connectivity index is 1.07. The van der Waals surface area contributed by atoms with Crippen LogP contribution < -0.4 is 10.6 Å². The van der Waals surface area contributed by atoms with E-state index in [1.54, 1.807) is 0 Å². The molecule has 240 valence electrons. The maximum Gasteiger partial charge on any atom is 0.142 e. The molecule has 10 rings (SSSR count). The smallest absolute Gasteiger partial charge is 0.142 e. The number of thiophene rings is 1. The molecule has 2 nitrogen and oxygen atoms in total. The Hall–Kier alpha value is -6.42. The lowest BCUT2D eigenvalue weighted by molar-refractivity contribution is 0.573. The summed E-state index contributed by atoms with van der Waals surface area (Å²) in [5, 5.41) is 6.88. The highest BCUT2D eigenvalue weighted by atomic mass is 32.1. The van der Waals surface area contributed by atoms with E-state index in [-0.39, 0.29) is 0 Å². The first-order chi connectivity index (χ1) is 25.1. The van der Waals surface area contributed by atoms with Crippen LogP contribution in [-0.4, -0.2) is 4.98 Å². The third kappa shape index (κ3) is 4.70. The first kappa shape index (κ1) is 29.5. The Morgan fingerprint density at radius 3 is 2.02 bits per heavy atom. The first-order valence-corrected chi connectivity index (χ1v) is 18.0. The van der Waals surface area contributed by atoms with Crippen LogP contribution in [0.2, 0.25) is 0 Å². The zero-order valence-electron chi connectivity index (χ0n) is 27.7. The Labute approximate surface area is 298 Å². The number of aromatic amines is 1. The van der Waals surface area contributed by atoms with Crippen LogP contribution in [0.25, 0.3) is 98.5 Å². The number of furan rings is 1. The van der Waals surface area contributed by atoms with Gasteiger partial charge in [0.1, 0.15) is 11.0 Å². The molecule has 0 aliphatic rings. The number of fused-ring (bicyclic) bond motifs is 7. The largest absolute Gasteiger partial charge is 0.455 e. The lowest BCUT2D eigenvalue weighted by Crippen LogP contribution is -2.21. The van der Waals surface area contributed by atoms with Crippen molar-refractivity contribution in [2.75, 3.05) is 0 Å². The van der Waals surface area contributed by atoms with Crippen LogP contribution in [0, 0.1) is 0 Å². The van der Waals surface area contributed by atoms with Gasteiger partial charge < -0.3 is 9.40 Å². The van der Waals surface area contributed by atoms with Crippen LogP contribution in [0.3, 0.4) is 0 Å². The van der Waals surface area contributed by atoms with E-state index in [1.807, 2.05) is 35.6 Å². The average molecular weight is 670 g/mol. The molecular formula is C48H31NOS. The molecule has 0 radical (unpaired) electrons. The second kappa shape index (κ2) is 11.6. The number of H-pyrrole nitrogens is 1. The highest BCUT2D eigenvalue weighted by Gasteiger charge is 2.15. The minimum Gasteiger partial charge on any atom is -0.455 e. The molecule has 0 spiro atoms. The van der Waals surface area contributed by atoms with E-state index in [1.165, 1.54) is 58.9 Å². The molecular weight excluding hydrogens is 639 g/mol. The molecule has 0 aliphatic carbocycles. The normalized spacial score (nSPS) is 12.4. The van der Waals surface area contributed by atoms with E-state index < -0.39 is 0 Å². The topological polar surface area (TPSA) is 28.9 Å². The van der Waals surface area contributed by atoms with Gasteiger partial charge in [-0.05, 0) is 75.8 Å². The quantitative estimate of drug-likeness (QED) is 0.194. The summed E-state index contributed by atoms with van der Waals surface area (Å²) < 4.78 is 8.94. The van der Waals surface area contributed by atoms with Crippen LogP contribution in [0.4, 0.5) is 0 Å². The van der Waals surface area contributed by atoms with E-state index in [4.69, 9.17) is 4.42 Å². The summed E-state index contributed by atoms with van der Waals surface area (Å²) in [6.07, 6.45) is 1.87. The monoisotopic (exact) mass is 669 g/mol. The molecule has 0 saturated heterocycles. The predicted octanol–water partition coefficient (Wildman–Crippen LogP) is 12.2. The van der Waals surface area contributed by atoms with Crippen molar-refractivity contribution < 1.29 is 4.42 Å². The van der Waals surface area contributed by atoms with Crippen LogP contribution >= 0.6 is 11.3 Å². The molecule has 1 N–H and O–H groups in total. The van der Waals surface area contributed by atoms with Crippen molar-refractivity contribution in [2.45, 2.75) is 0 Å². The van der Waals surface area contributed by atoms with Crippen molar-refractivity contribution in [3.63, 3.8) is 0 Å². The molecule has 3 heteroatoms. The Morgan fingerprint density at radius 2 is 1.22 bits per heavy atom. The van der Waals surface area contributed by atoms with E-state index >= 15 is 0 Å². The zero-order chi connectivity index (χ0) is 34.1. The van der Waals surface area contributed by atoms with Crippen LogP contribution in [0.5, 0.6) is 0 Å². The molecule has 0 amide bonds. The fourth-order valence-electron chi connectivity index (χ4n) is 7.74. The maximum absolute atomic E-state index is 6.30. The van der Waals surface area contributed by atoms with Crippen molar-refractivity contribution in [2.24, 2.45) is 0 Å². The third-order valence-electron chi connectivity index (χ3n) is 10.2. The minimum absolute atomic E-state index is 0.757. The summed E-state index contributed by atoms with van der Waals surface area (Å²) >= 11 is 1.86. The van der Waals surface area contributed by atoms with E-state index in [0.29, 0.717) is 0 Å². The maximum atomic E-state index is 6.30. The lowest BCUT2D eigenvalue weighted by atomic mass is 9.94. The second-order valence-electron chi connectivity index (χ2n) is 13.1. The molecule has 0 unspecified atom stereocenters. The predicted molar refractivity (Wildman–Crippen MR) is 219 cm³/mol. The number of benzene rings is 7. The van der Waals surface area contributed by atoms with Gasteiger partial charge in [-0.25, -0.2) is 0 Å². The number of para-hydroxylation sites is 2. The summed E-state index contributed by atoms with van der Waals surface area (Å²) in [5.74, 6) is 0. The fourth-order valence-corrected chi connectivity index (χ4v) is 8.87. The van der Waals surface area contributed by atoms with Crippen LogP contribution in [0.15, 0.2) is 169 Å². The van der Waals surface area contributed by atoms with Crippen LogP contribution in [-0.2, 0) is 0 Å². The van der Waals surface area contributed by atoms with Crippen molar-refractivity contribution in [1.82, 2.24) is 4.98 Å². The van der Waals surface area contributed by atoms with Crippen molar-refractivity contribution >= 4 is 76.4 Å². The second-order valence-corrected chi connectivity index (χ2v) is 14.2. The molecule has 0 saturated carbocycles. The summed E-state index contributed by atoms with van der Waals surface area (Å²) in [7, 11) is 0. The van der Waals surface area contributed by atoms with E-state index in [9.17, 15) is 0 Å². The molecule has 3 heterocycles. The Bertz CT molecular complexity index is 3130. The molecule has 0 fully saturated rings. The highest BCUT2D eigenvalue weighted by Crippen LogP contribution is 2.41. The van der Waals surface area contributed by atoms with Gasteiger partial charge in [-0.2, -0.15) is 0 Å². The molecule has 0 atom stereocenters. The van der Waals surface area contributed by atoms with Gasteiger partial charge >= 0.3 is 0 Å². The molecule has 0 aliphatic heterocycles. The number of hydrogen-bond acceptors (Lipinski definition) is 2. The van der Waals surface area contributed by atoms with Gasteiger partial charge in [-0.15, -0.1) is 11.3 Å². The van der Waals surface area contributed by atoms with Gasteiger partial charge in [-0.3, -0.25) is 0 Å². The lowest BCUT2D eigenvalue weighted by Gasteiger charge is -2.10. The van der Waals surface area contributed by atoms with Gasteiger partial charge in [0.15, 0.2) is 0 Å². The average Bonchev–Trinajstić information content (AvgIpc) is 3.86. The molecule has 51 heavy (non-hydrogen) atoms. The number of hydrogen-bond donors (Lipinski definition) is 1. The van der Waals surface area contributed by atoms with Crippen LogP contribution in [0.1, 0.15) is 5.56 Å². The summed E-state index contributed by atoms with van der Waals surface area (Å²) in [5.41, 5.74) is 13.0. The SMILES string of the molecule is C=C/C(c1ccc2[nH]c3c(-c4cccc(-c5cccc(-c6cccc7sc8ccccc8c67)c5)c4)cccc3c2c1)=c1/oc2ccccc2c1=C. The number of nitrogens with one attached hydrogen (secondary N) is 1. The van der Waals surface area contributed by atoms with Gasteiger partial charge in [0.25, 0.3) is 0 Å². The number of aromatic nitrogens is 1. The third-order valence-corrected chi connectivity index (χ3v) is 11.3. The molecule has 0 bridgehead atoms.